The number of alkyl halides is 17. The number of esters is 1. The van der Waals surface area contributed by atoms with E-state index in [4.69, 9.17) is 0 Å². The Morgan fingerprint density at radius 2 is 1.03 bits per heavy atom. The first-order valence-corrected chi connectivity index (χ1v) is 9.09. The maximum Gasteiger partial charge on any atom is 0.385 e. The summed E-state index contributed by atoms with van der Waals surface area (Å²) in [6, 6.07) is 0. The molecule has 0 heterocycles. The van der Waals surface area contributed by atoms with Gasteiger partial charge in [0.25, 0.3) is 0 Å². The van der Waals surface area contributed by atoms with Gasteiger partial charge in [0, 0.05) is 11.6 Å². The van der Waals surface area contributed by atoms with Crippen LogP contribution in [0.5, 0.6) is 0 Å². The van der Waals surface area contributed by atoms with Crippen LogP contribution in [0, 0.1) is 0 Å². The van der Waals surface area contributed by atoms with E-state index in [0.717, 1.165) is 0 Å². The highest BCUT2D eigenvalue weighted by Gasteiger charge is 2.95. The number of carbonyl (C=O) groups is 1. The van der Waals surface area contributed by atoms with Gasteiger partial charge in [-0.3, -0.25) is 0 Å². The Kier molecular flexibility index (Phi) is 9.18. The monoisotopic (exact) mass is 574 g/mol. The van der Waals surface area contributed by atoms with Gasteiger partial charge in [-0.25, -0.2) is 9.18 Å². The van der Waals surface area contributed by atoms with Crippen LogP contribution in [-0.2, 0) is 9.53 Å². The highest BCUT2D eigenvalue weighted by atomic mass is 19.4. The lowest BCUT2D eigenvalue weighted by molar-refractivity contribution is -0.452. The lowest BCUT2D eigenvalue weighted by Crippen LogP contribution is -2.75. The Morgan fingerprint density at radius 1 is 0.694 bits per heavy atom. The largest absolute Gasteiger partial charge is 0.462 e. The van der Waals surface area contributed by atoms with Crippen LogP contribution in [0.25, 0.3) is 0 Å². The van der Waals surface area contributed by atoms with Gasteiger partial charge in [-0.15, -0.1) is 0 Å². The van der Waals surface area contributed by atoms with Crippen molar-refractivity contribution in [3.63, 3.8) is 0 Å². The van der Waals surface area contributed by atoms with E-state index in [9.17, 15) is 79.4 Å². The van der Waals surface area contributed by atoms with Crippen molar-refractivity contribution in [1.29, 1.82) is 0 Å². The van der Waals surface area contributed by atoms with E-state index < -0.39 is 84.7 Å². The van der Waals surface area contributed by atoms with E-state index in [2.05, 4.69) is 4.74 Å². The summed E-state index contributed by atoms with van der Waals surface area (Å²) in [5.74, 6) is -65.6. The first-order valence-electron chi connectivity index (χ1n) is 9.09. The summed E-state index contributed by atoms with van der Waals surface area (Å²) < 4.78 is 234. The minimum Gasteiger partial charge on any atom is -0.462 e. The van der Waals surface area contributed by atoms with E-state index >= 15 is 0 Å². The Morgan fingerprint density at radius 3 is 1.36 bits per heavy atom. The van der Waals surface area contributed by atoms with Crippen LogP contribution in [-0.4, -0.2) is 66.1 Å². The third-order valence-electron chi connectivity index (χ3n) is 4.47. The first kappa shape index (κ1) is 34.0. The molecule has 1 atom stereocenters. The smallest absolute Gasteiger partial charge is 0.385 e. The number of halogens is 17. The molecule has 0 fully saturated rings. The predicted octanol–water partition coefficient (Wildman–Crippen LogP) is 7.33. The molecule has 0 spiro atoms. The quantitative estimate of drug-likeness (QED) is 0.139. The number of ether oxygens (including phenoxy) is 1. The molecule has 0 saturated carbocycles. The fraction of sp³-hybridized carbons (Fsp3) is 0.824. The summed E-state index contributed by atoms with van der Waals surface area (Å²) >= 11 is 0. The highest BCUT2D eigenvalue weighted by molar-refractivity contribution is 5.87. The molecule has 0 saturated heterocycles. The fourth-order valence-corrected chi connectivity index (χ4v) is 2.19. The molecular weight excluding hydrogens is 559 g/mol. The summed E-state index contributed by atoms with van der Waals surface area (Å²) in [4.78, 5) is 11.3. The second kappa shape index (κ2) is 9.72. The number of hydrogen-bond acceptors (Lipinski definition) is 2. The minimum atomic E-state index is -8.64. The normalized spacial score (nSPS) is 16.7. The summed E-state index contributed by atoms with van der Waals surface area (Å²) in [6.07, 6.45) is -6.02. The standard InChI is InChI=1S/C17H15F17O2/c1-4-5-36-9(35)7(2)6-10(19,20)12(23,24)14(27,28)16(31,32)17(33,34)15(29,30)13(25,26)11(21,22)8(3)18/h6,8H,4-5H2,1-3H3/b7-6+. The molecular formula is C17H15F17O2. The van der Waals surface area contributed by atoms with Gasteiger partial charge in [-0.1, -0.05) is 6.92 Å². The SMILES string of the molecule is CCCOC(=O)/C(C)=C/C(F)(F)C(F)(F)C(F)(F)C(F)(F)C(F)(F)C(F)(F)C(F)(F)C(F)(F)C(C)F. The second-order valence-electron chi connectivity index (χ2n) is 7.27. The van der Waals surface area contributed by atoms with Crippen LogP contribution in [0.15, 0.2) is 11.6 Å². The van der Waals surface area contributed by atoms with Crippen molar-refractivity contribution >= 4 is 5.97 Å². The average Bonchev–Trinajstić information content (AvgIpc) is 2.70. The molecule has 0 bridgehead atoms. The molecule has 0 aromatic rings. The van der Waals surface area contributed by atoms with E-state index in [1.54, 1.807) is 0 Å². The zero-order valence-electron chi connectivity index (χ0n) is 17.8. The number of hydrogen-bond donors (Lipinski definition) is 0. The van der Waals surface area contributed by atoms with Gasteiger partial charge in [0.2, 0.25) is 0 Å². The molecule has 0 radical (unpaired) electrons. The Hall–Kier alpha value is -1.98. The zero-order valence-corrected chi connectivity index (χ0v) is 17.8. The van der Waals surface area contributed by atoms with Crippen molar-refractivity contribution < 1.29 is 84.2 Å². The maximum absolute atomic E-state index is 13.8. The number of carbonyl (C=O) groups excluding carboxylic acids is 1. The van der Waals surface area contributed by atoms with Crippen molar-refractivity contribution in [2.75, 3.05) is 6.61 Å². The van der Waals surface area contributed by atoms with Crippen LogP contribution < -0.4 is 0 Å². The fourth-order valence-electron chi connectivity index (χ4n) is 2.19. The van der Waals surface area contributed by atoms with Gasteiger partial charge in [-0.2, -0.15) is 70.2 Å². The minimum absolute atomic E-state index is 0.00990. The van der Waals surface area contributed by atoms with Crippen LogP contribution in [0.2, 0.25) is 0 Å². The summed E-state index contributed by atoms with van der Waals surface area (Å²) in [5, 5.41) is 0. The molecule has 0 rings (SSSR count). The zero-order chi connectivity index (χ0) is 29.6. The molecule has 19 heteroatoms. The summed E-state index contributed by atoms with van der Waals surface area (Å²) in [6.45, 7) is 0.255. The van der Waals surface area contributed by atoms with Crippen LogP contribution in [0.1, 0.15) is 27.2 Å². The molecule has 36 heavy (non-hydrogen) atoms. The van der Waals surface area contributed by atoms with Crippen molar-refractivity contribution in [3.8, 4) is 0 Å². The molecule has 214 valence electrons. The topological polar surface area (TPSA) is 26.3 Å². The van der Waals surface area contributed by atoms with E-state index in [1.807, 2.05) is 0 Å². The van der Waals surface area contributed by atoms with Gasteiger partial charge in [0.1, 0.15) is 0 Å². The third-order valence-corrected chi connectivity index (χ3v) is 4.47. The average molecular weight is 574 g/mol. The van der Waals surface area contributed by atoms with Crippen LogP contribution in [0.4, 0.5) is 74.6 Å². The van der Waals surface area contributed by atoms with Crippen molar-refractivity contribution in [1.82, 2.24) is 0 Å². The molecule has 0 aliphatic carbocycles. The highest BCUT2D eigenvalue weighted by Crippen LogP contribution is 2.64. The van der Waals surface area contributed by atoms with Crippen molar-refractivity contribution in [2.24, 2.45) is 0 Å². The second-order valence-corrected chi connectivity index (χ2v) is 7.27. The van der Waals surface area contributed by atoms with E-state index in [1.165, 1.54) is 6.92 Å². The van der Waals surface area contributed by atoms with Crippen molar-refractivity contribution in [3.05, 3.63) is 11.6 Å². The Balaban J connectivity index is 6.80. The van der Waals surface area contributed by atoms with E-state index in [0.29, 0.717) is 0 Å². The van der Waals surface area contributed by atoms with Gasteiger partial charge in [0.15, 0.2) is 6.17 Å². The molecule has 0 aliphatic rings. The molecule has 2 nitrogen and oxygen atoms in total. The molecule has 0 amide bonds. The Bertz CT molecular complexity index is 829. The first-order chi connectivity index (χ1) is 15.6. The van der Waals surface area contributed by atoms with Gasteiger partial charge < -0.3 is 4.74 Å². The van der Waals surface area contributed by atoms with Gasteiger partial charge in [0.05, 0.1) is 6.61 Å². The van der Waals surface area contributed by atoms with Gasteiger partial charge >= 0.3 is 53.3 Å². The molecule has 1 unspecified atom stereocenters. The number of rotatable bonds is 12. The molecule has 0 N–H and O–H groups in total. The van der Waals surface area contributed by atoms with E-state index in [-0.39, 0.29) is 13.3 Å². The molecule has 0 aromatic carbocycles. The van der Waals surface area contributed by atoms with Crippen molar-refractivity contribution in [2.45, 2.75) is 80.7 Å². The lowest BCUT2D eigenvalue weighted by atomic mass is 9.86. The molecule has 0 aliphatic heterocycles. The maximum atomic E-state index is 13.8. The lowest BCUT2D eigenvalue weighted by Gasteiger charge is -2.43. The Labute approximate surface area is 190 Å². The summed E-state index contributed by atoms with van der Waals surface area (Å²) in [5.41, 5.74) is -1.70. The molecule has 0 aromatic heterocycles. The third kappa shape index (κ3) is 4.81. The summed E-state index contributed by atoms with van der Waals surface area (Å²) in [7, 11) is 0. The predicted molar refractivity (Wildman–Crippen MR) is 85.2 cm³/mol. The number of allylic oxidation sites excluding steroid dienone is 1. The van der Waals surface area contributed by atoms with Crippen LogP contribution in [0.3, 0.4) is 0 Å². The van der Waals surface area contributed by atoms with Crippen LogP contribution >= 0.6 is 0 Å². The van der Waals surface area contributed by atoms with Gasteiger partial charge in [-0.05, 0) is 20.3 Å².